The Kier molecular flexibility index (Phi) is 8.09. The lowest BCUT2D eigenvalue weighted by Gasteiger charge is -2.46. The molecule has 0 spiro atoms. The number of hydrogen-bond donors (Lipinski definition) is 2. The normalized spacial score (nSPS) is 26.4. The van der Waals surface area contributed by atoms with Crippen LogP contribution in [0.1, 0.15) is 73.8 Å². The molecule has 35 heavy (non-hydrogen) atoms. The summed E-state index contributed by atoms with van der Waals surface area (Å²) in [7, 11) is -0.275. The number of hydrogen-bond acceptors (Lipinski definition) is 5. The van der Waals surface area contributed by atoms with Gasteiger partial charge in [-0.1, -0.05) is 36.8 Å². The van der Waals surface area contributed by atoms with Crippen molar-refractivity contribution in [3.05, 3.63) is 35.9 Å². The van der Waals surface area contributed by atoms with Gasteiger partial charge in [0, 0.05) is 32.1 Å². The second-order valence-electron chi connectivity index (χ2n) is 12.5. The highest BCUT2D eigenvalue weighted by atomic mass is 16.7. The number of likely N-dealkylation sites (tertiary alicyclic amines) is 1. The summed E-state index contributed by atoms with van der Waals surface area (Å²) in [4.78, 5) is 28.3. The van der Waals surface area contributed by atoms with Crippen molar-refractivity contribution in [2.24, 2.45) is 5.92 Å². The van der Waals surface area contributed by atoms with E-state index < -0.39 is 11.1 Å². The summed E-state index contributed by atoms with van der Waals surface area (Å²) in [5, 5.41) is 6.19. The first-order valence-corrected chi connectivity index (χ1v) is 12.8. The van der Waals surface area contributed by atoms with Crippen molar-refractivity contribution in [3.63, 3.8) is 0 Å². The van der Waals surface area contributed by atoms with Crippen molar-refractivity contribution in [2.75, 3.05) is 13.1 Å². The molecule has 1 aromatic carbocycles. The molecule has 0 bridgehead atoms. The predicted octanol–water partition coefficient (Wildman–Crippen LogP) is 3.78. The van der Waals surface area contributed by atoms with Crippen LogP contribution >= 0.6 is 0 Å². The summed E-state index contributed by atoms with van der Waals surface area (Å²) in [6, 6.07) is 10.3. The maximum atomic E-state index is 13.6. The van der Waals surface area contributed by atoms with Gasteiger partial charge in [0.05, 0.1) is 11.2 Å². The molecule has 1 aromatic rings. The van der Waals surface area contributed by atoms with Crippen molar-refractivity contribution in [3.8, 4) is 0 Å². The Morgan fingerprint density at radius 1 is 1.09 bits per heavy atom. The molecule has 2 saturated heterocycles. The van der Waals surface area contributed by atoms with Crippen LogP contribution in [0.25, 0.3) is 0 Å². The van der Waals surface area contributed by atoms with E-state index >= 15 is 0 Å². The molecule has 3 rings (SSSR count). The Morgan fingerprint density at radius 2 is 1.69 bits per heavy atom. The third-order valence-corrected chi connectivity index (χ3v) is 7.35. The lowest BCUT2D eigenvalue weighted by atomic mass is 9.74. The van der Waals surface area contributed by atoms with Crippen LogP contribution in [0.2, 0.25) is 6.32 Å². The van der Waals surface area contributed by atoms with Gasteiger partial charge in [-0.2, -0.15) is 0 Å². The standard InChI is InChI=1S/C27H44BN3O4/c1-20(32)29-27(23(33)30-24(2,3)4)16-22(14-15-28-34-25(5,6)26(7,8)35-28)18-31(19-27)17-21-12-10-9-11-13-21/h9-13,22H,14-19H2,1-8H3,(H,29,32)(H,30,33)/t22-,27+/m1/s1. The molecule has 2 N–H and O–H groups in total. The minimum absolute atomic E-state index is 0.126. The van der Waals surface area contributed by atoms with Gasteiger partial charge in [0.25, 0.3) is 0 Å². The van der Waals surface area contributed by atoms with Crippen molar-refractivity contribution in [1.29, 1.82) is 0 Å². The third kappa shape index (κ3) is 7.08. The van der Waals surface area contributed by atoms with Crippen LogP contribution in [0.4, 0.5) is 0 Å². The number of benzene rings is 1. The molecule has 0 aromatic heterocycles. The van der Waals surface area contributed by atoms with Crippen LogP contribution in [0.5, 0.6) is 0 Å². The Hall–Kier alpha value is -1.90. The zero-order chi connectivity index (χ0) is 26.1. The van der Waals surface area contributed by atoms with Gasteiger partial charge in [-0.05, 0) is 72.7 Å². The van der Waals surface area contributed by atoms with E-state index in [1.54, 1.807) is 0 Å². The van der Waals surface area contributed by atoms with E-state index in [2.05, 4.69) is 55.4 Å². The van der Waals surface area contributed by atoms with Crippen LogP contribution in [0, 0.1) is 5.92 Å². The first-order valence-electron chi connectivity index (χ1n) is 12.8. The predicted molar refractivity (Wildman–Crippen MR) is 140 cm³/mol. The Balaban J connectivity index is 1.82. The summed E-state index contributed by atoms with van der Waals surface area (Å²) >= 11 is 0. The summed E-state index contributed by atoms with van der Waals surface area (Å²) in [6.07, 6.45) is 2.17. The molecular formula is C27H44BN3O4. The quantitative estimate of drug-likeness (QED) is 0.575. The molecule has 2 fully saturated rings. The highest BCUT2D eigenvalue weighted by Gasteiger charge is 2.52. The zero-order valence-corrected chi connectivity index (χ0v) is 22.9. The van der Waals surface area contributed by atoms with Crippen molar-refractivity contribution < 1.29 is 18.9 Å². The van der Waals surface area contributed by atoms with Crippen LogP contribution in [-0.2, 0) is 25.4 Å². The van der Waals surface area contributed by atoms with E-state index in [-0.39, 0.29) is 36.1 Å². The molecular weight excluding hydrogens is 441 g/mol. The molecule has 7 nitrogen and oxygen atoms in total. The number of rotatable bonds is 7. The van der Waals surface area contributed by atoms with E-state index in [0.717, 1.165) is 25.8 Å². The molecule has 0 unspecified atom stereocenters. The topological polar surface area (TPSA) is 79.9 Å². The monoisotopic (exact) mass is 485 g/mol. The highest BCUT2D eigenvalue weighted by molar-refractivity contribution is 6.45. The maximum absolute atomic E-state index is 13.6. The molecule has 2 atom stereocenters. The van der Waals surface area contributed by atoms with Gasteiger partial charge in [0.2, 0.25) is 11.8 Å². The number of nitrogens with one attached hydrogen (secondary N) is 2. The van der Waals surface area contributed by atoms with Gasteiger partial charge in [0.1, 0.15) is 5.54 Å². The lowest BCUT2D eigenvalue weighted by molar-refractivity contribution is -0.138. The van der Waals surface area contributed by atoms with Crippen molar-refractivity contribution in [1.82, 2.24) is 15.5 Å². The molecule has 0 radical (unpaired) electrons. The molecule has 0 saturated carbocycles. The van der Waals surface area contributed by atoms with Crippen molar-refractivity contribution in [2.45, 2.75) is 103 Å². The van der Waals surface area contributed by atoms with E-state index in [1.807, 2.05) is 39.0 Å². The molecule has 194 valence electrons. The second kappa shape index (κ2) is 10.2. The first-order chi connectivity index (χ1) is 16.1. The first kappa shape index (κ1) is 27.7. The van der Waals surface area contributed by atoms with E-state index in [9.17, 15) is 9.59 Å². The fourth-order valence-corrected chi connectivity index (χ4v) is 5.15. The van der Waals surface area contributed by atoms with Gasteiger partial charge in [-0.3, -0.25) is 14.5 Å². The number of carbonyl (C=O) groups is 2. The average Bonchev–Trinajstić information content (AvgIpc) is 2.91. The summed E-state index contributed by atoms with van der Waals surface area (Å²) < 4.78 is 12.4. The number of amides is 2. The summed E-state index contributed by atoms with van der Waals surface area (Å²) in [6.45, 7) is 17.7. The number of nitrogens with zero attached hydrogens (tertiary/aromatic N) is 1. The molecule has 8 heteroatoms. The van der Waals surface area contributed by atoms with Crippen LogP contribution in [0.15, 0.2) is 30.3 Å². The number of carbonyl (C=O) groups excluding carboxylic acids is 2. The maximum Gasteiger partial charge on any atom is 0.457 e. The molecule has 2 heterocycles. The Morgan fingerprint density at radius 3 is 2.23 bits per heavy atom. The highest BCUT2D eigenvalue weighted by Crippen LogP contribution is 2.39. The van der Waals surface area contributed by atoms with Crippen molar-refractivity contribution >= 4 is 18.9 Å². The fraction of sp³-hybridized carbons (Fsp3) is 0.704. The molecule has 2 amide bonds. The van der Waals surface area contributed by atoms with Crippen LogP contribution < -0.4 is 10.6 Å². The smallest absolute Gasteiger partial charge is 0.403 e. The summed E-state index contributed by atoms with van der Waals surface area (Å²) in [5.41, 5.74) is -0.936. The fourth-order valence-electron chi connectivity index (χ4n) is 5.15. The van der Waals surface area contributed by atoms with Gasteiger partial charge < -0.3 is 19.9 Å². The van der Waals surface area contributed by atoms with Gasteiger partial charge in [-0.15, -0.1) is 0 Å². The largest absolute Gasteiger partial charge is 0.457 e. The van der Waals surface area contributed by atoms with Gasteiger partial charge in [0.15, 0.2) is 0 Å². The Bertz CT molecular complexity index is 883. The molecule has 2 aliphatic heterocycles. The second-order valence-corrected chi connectivity index (χ2v) is 12.5. The average molecular weight is 485 g/mol. The van der Waals surface area contributed by atoms with E-state index in [4.69, 9.17) is 9.31 Å². The van der Waals surface area contributed by atoms with Gasteiger partial charge in [-0.25, -0.2) is 0 Å². The van der Waals surface area contributed by atoms with Crippen LogP contribution in [-0.4, -0.2) is 59.2 Å². The molecule has 0 aliphatic carbocycles. The van der Waals surface area contributed by atoms with Gasteiger partial charge >= 0.3 is 7.12 Å². The Labute approximate surface area is 211 Å². The minimum atomic E-state index is -0.993. The minimum Gasteiger partial charge on any atom is -0.403 e. The molecule has 2 aliphatic rings. The third-order valence-electron chi connectivity index (χ3n) is 7.35. The lowest BCUT2D eigenvalue weighted by Crippen LogP contribution is -2.69. The zero-order valence-electron chi connectivity index (χ0n) is 22.9. The van der Waals surface area contributed by atoms with Crippen LogP contribution in [0.3, 0.4) is 0 Å². The van der Waals surface area contributed by atoms with E-state index in [1.165, 1.54) is 12.5 Å². The van der Waals surface area contributed by atoms with E-state index in [0.29, 0.717) is 13.0 Å². The SMILES string of the molecule is CC(=O)N[C@@]1(C(=O)NC(C)(C)C)C[C@@H](CCB2OC(C)(C)C(C)(C)O2)CN(Cc2ccccc2)C1. The summed E-state index contributed by atoms with van der Waals surface area (Å²) in [5.74, 6) is -0.122. The number of piperidine rings is 1.